The molecular formula is C11H18N4OS. The number of nitriles is 1. The predicted octanol–water partition coefficient (Wildman–Crippen LogP) is 1.30. The normalized spacial score (nSPS) is 18.1. The molecule has 1 fully saturated rings. The minimum Gasteiger partial charge on any atom is -0.379 e. The van der Waals surface area contributed by atoms with Crippen molar-refractivity contribution in [1.82, 2.24) is 4.90 Å². The summed E-state index contributed by atoms with van der Waals surface area (Å²) in [4.78, 5) is 13.5. The first-order chi connectivity index (χ1) is 8.02. The lowest BCUT2D eigenvalue weighted by molar-refractivity contribution is -0.131. The molecule has 0 unspecified atom stereocenters. The first-order valence-corrected chi connectivity index (χ1v) is 6.65. The molecular weight excluding hydrogens is 236 g/mol. The smallest absolute Gasteiger partial charge is 0.234 e. The number of nitrogens with one attached hydrogen (secondary N) is 1. The zero-order chi connectivity index (χ0) is 12.9. The molecule has 0 radical (unpaired) electrons. The number of nitrogens with two attached hydrogens (primary N) is 1. The molecule has 0 heterocycles. The average Bonchev–Trinajstić information content (AvgIpc) is 2.35. The fourth-order valence-corrected chi connectivity index (χ4v) is 2.61. The Bertz CT molecular complexity index is 344. The summed E-state index contributed by atoms with van der Waals surface area (Å²) in [6, 6.07) is 2.30. The maximum atomic E-state index is 11.9. The van der Waals surface area contributed by atoms with Crippen molar-refractivity contribution in [3.05, 3.63) is 0 Å². The van der Waals surface area contributed by atoms with Crippen molar-refractivity contribution in [2.24, 2.45) is 5.73 Å². The number of carbonyl (C=O) groups is 1. The van der Waals surface area contributed by atoms with Gasteiger partial charge in [0.1, 0.15) is 5.54 Å². The van der Waals surface area contributed by atoms with Gasteiger partial charge in [0, 0.05) is 7.05 Å². The highest BCUT2D eigenvalue weighted by Gasteiger charge is 2.38. The first kappa shape index (κ1) is 13.8. The van der Waals surface area contributed by atoms with Crippen LogP contribution in [0, 0.1) is 16.7 Å². The number of hydrogen-bond donors (Lipinski definition) is 2. The molecule has 3 N–H and O–H groups in total. The molecule has 0 aliphatic heterocycles. The third-order valence-electron chi connectivity index (χ3n) is 3.26. The molecule has 0 spiro atoms. The summed E-state index contributed by atoms with van der Waals surface area (Å²) in [7, 11) is 1.68. The van der Waals surface area contributed by atoms with Gasteiger partial charge >= 0.3 is 0 Å². The Kier molecular flexibility index (Phi) is 4.82. The zero-order valence-corrected chi connectivity index (χ0v) is 10.8. The van der Waals surface area contributed by atoms with Gasteiger partial charge in [0.2, 0.25) is 5.91 Å². The van der Waals surface area contributed by atoms with E-state index in [1.165, 1.54) is 0 Å². The molecule has 6 heteroatoms. The molecule has 1 amide bonds. The van der Waals surface area contributed by atoms with Gasteiger partial charge in [0.25, 0.3) is 0 Å². The third kappa shape index (κ3) is 3.37. The van der Waals surface area contributed by atoms with E-state index in [0.29, 0.717) is 0 Å². The fourth-order valence-electron chi connectivity index (χ4n) is 2.13. The molecule has 5 nitrogen and oxygen atoms in total. The monoisotopic (exact) mass is 254 g/mol. The van der Waals surface area contributed by atoms with E-state index in [0.717, 1.165) is 43.9 Å². The van der Waals surface area contributed by atoms with Gasteiger partial charge < -0.3 is 10.6 Å². The van der Waals surface area contributed by atoms with Crippen molar-refractivity contribution >= 4 is 22.8 Å². The summed E-state index contributed by atoms with van der Waals surface area (Å²) in [6.07, 6.45) is 4.61. The van der Waals surface area contributed by atoms with Crippen LogP contribution in [0.2, 0.25) is 0 Å². The Morgan fingerprint density at radius 2 is 2.12 bits per heavy atom. The molecule has 94 valence electrons. The van der Waals surface area contributed by atoms with Crippen LogP contribution in [0.1, 0.15) is 32.1 Å². The van der Waals surface area contributed by atoms with E-state index >= 15 is 0 Å². The molecule has 1 saturated carbocycles. The summed E-state index contributed by atoms with van der Waals surface area (Å²) in [6.45, 7) is 0. The minimum atomic E-state index is -0.646. The van der Waals surface area contributed by atoms with E-state index in [9.17, 15) is 10.1 Å². The Balaban J connectivity index is 2.65. The van der Waals surface area contributed by atoms with Crippen LogP contribution in [0.25, 0.3) is 0 Å². The van der Waals surface area contributed by atoms with Gasteiger partial charge in [-0.25, -0.2) is 0 Å². The topological polar surface area (TPSA) is 94.0 Å². The van der Waals surface area contributed by atoms with E-state index in [2.05, 4.69) is 6.07 Å². The van der Waals surface area contributed by atoms with E-state index in [1.807, 2.05) is 0 Å². The lowest BCUT2D eigenvalue weighted by atomic mass is 9.81. The quantitative estimate of drug-likeness (QED) is 0.586. The number of amides is 1. The average molecular weight is 254 g/mol. The highest BCUT2D eigenvalue weighted by molar-refractivity contribution is 8.14. The van der Waals surface area contributed by atoms with Gasteiger partial charge in [0.05, 0.1) is 11.8 Å². The van der Waals surface area contributed by atoms with Crippen LogP contribution in [0.4, 0.5) is 0 Å². The van der Waals surface area contributed by atoms with Crippen LogP contribution in [0.3, 0.4) is 0 Å². The molecule has 17 heavy (non-hydrogen) atoms. The van der Waals surface area contributed by atoms with Crippen LogP contribution in [0.15, 0.2) is 0 Å². The van der Waals surface area contributed by atoms with Gasteiger partial charge in [-0.2, -0.15) is 5.26 Å². The Labute approximate surface area is 106 Å². The molecule has 1 aliphatic carbocycles. The highest BCUT2D eigenvalue weighted by atomic mass is 32.2. The van der Waals surface area contributed by atoms with Crippen molar-refractivity contribution in [2.75, 3.05) is 12.8 Å². The minimum absolute atomic E-state index is 0.0681. The number of thioether (sulfide) groups is 1. The van der Waals surface area contributed by atoms with Crippen molar-refractivity contribution in [3.63, 3.8) is 0 Å². The summed E-state index contributed by atoms with van der Waals surface area (Å²) in [5.74, 6) is 0.00331. The van der Waals surface area contributed by atoms with Gasteiger partial charge in [0.15, 0.2) is 5.17 Å². The highest BCUT2D eigenvalue weighted by Crippen LogP contribution is 2.32. The summed E-state index contributed by atoms with van der Waals surface area (Å²) in [5, 5.41) is 16.3. The second-order valence-electron chi connectivity index (χ2n) is 4.31. The number of rotatable bonds is 3. The standard InChI is InChI=1S/C11H18N4OS/c1-15(9(16)7-17-10(13)14)11(8-12)5-3-2-4-6-11/h2-7H2,1H3,(H3,13,14). The molecule has 0 saturated heterocycles. The summed E-state index contributed by atoms with van der Waals surface area (Å²) < 4.78 is 0. The summed E-state index contributed by atoms with van der Waals surface area (Å²) >= 11 is 1.00. The molecule has 1 rings (SSSR count). The van der Waals surface area contributed by atoms with Crippen LogP contribution in [-0.2, 0) is 4.79 Å². The van der Waals surface area contributed by atoms with Crippen molar-refractivity contribution in [1.29, 1.82) is 10.7 Å². The first-order valence-electron chi connectivity index (χ1n) is 5.66. The number of hydrogen-bond acceptors (Lipinski definition) is 4. The van der Waals surface area contributed by atoms with Crippen LogP contribution in [0.5, 0.6) is 0 Å². The van der Waals surface area contributed by atoms with E-state index in [1.54, 1.807) is 11.9 Å². The predicted molar refractivity (Wildman–Crippen MR) is 68.6 cm³/mol. The molecule has 0 atom stereocenters. The maximum absolute atomic E-state index is 11.9. The van der Waals surface area contributed by atoms with Crippen LogP contribution in [-0.4, -0.2) is 34.3 Å². The molecule has 0 aromatic heterocycles. The Hall–Kier alpha value is -1.22. The Morgan fingerprint density at radius 1 is 1.53 bits per heavy atom. The van der Waals surface area contributed by atoms with Gasteiger partial charge in [-0.05, 0) is 12.8 Å². The summed E-state index contributed by atoms with van der Waals surface area (Å²) in [5.41, 5.74) is 4.55. The van der Waals surface area contributed by atoms with Gasteiger partial charge in [-0.3, -0.25) is 10.2 Å². The van der Waals surface area contributed by atoms with Gasteiger partial charge in [-0.1, -0.05) is 31.0 Å². The van der Waals surface area contributed by atoms with Crippen LogP contribution < -0.4 is 5.73 Å². The van der Waals surface area contributed by atoms with Crippen LogP contribution >= 0.6 is 11.8 Å². The van der Waals surface area contributed by atoms with E-state index in [4.69, 9.17) is 11.1 Å². The van der Waals surface area contributed by atoms with E-state index < -0.39 is 5.54 Å². The molecule has 1 aliphatic rings. The lowest BCUT2D eigenvalue weighted by Crippen LogP contribution is -2.50. The second-order valence-corrected chi connectivity index (χ2v) is 5.33. The van der Waals surface area contributed by atoms with Crippen molar-refractivity contribution < 1.29 is 4.79 Å². The number of carbonyl (C=O) groups excluding carboxylic acids is 1. The SMILES string of the molecule is CN(C(=O)CSC(=N)N)C1(C#N)CCCCC1. The maximum Gasteiger partial charge on any atom is 0.234 e. The third-order valence-corrected chi connectivity index (χ3v) is 3.96. The molecule has 0 bridgehead atoms. The molecule has 0 aromatic rings. The number of amidine groups is 1. The lowest BCUT2D eigenvalue weighted by Gasteiger charge is -2.39. The van der Waals surface area contributed by atoms with Crippen molar-refractivity contribution in [2.45, 2.75) is 37.6 Å². The zero-order valence-electron chi connectivity index (χ0n) is 10.0. The van der Waals surface area contributed by atoms with E-state index in [-0.39, 0.29) is 16.8 Å². The largest absolute Gasteiger partial charge is 0.379 e. The Morgan fingerprint density at radius 3 is 2.59 bits per heavy atom. The molecule has 0 aromatic carbocycles. The second kappa shape index (κ2) is 5.92. The van der Waals surface area contributed by atoms with Gasteiger partial charge in [-0.15, -0.1) is 0 Å². The fraction of sp³-hybridized carbons (Fsp3) is 0.727. The van der Waals surface area contributed by atoms with Crippen molar-refractivity contribution in [3.8, 4) is 6.07 Å². The number of nitrogens with zero attached hydrogens (tertiary/aromatic N) is 2.